The second-order valence-corrected chi connectivity index (χ2v) is 7.56. The zero-order valence-electron chi connectivity index (χ0n) is 17.3. The number of carbonyl (C=O) groups is 4. The highest BCUT2D eigenvalue weighted by atomic mass is 35.5. The number of hydrogen-bond acceptors (Lipinski definition) is 7. The summed E-state index contributed by atoms with van der Waals surface area (Å²) in [6.45, 7) is -0.142. The fraction of sp³-hybridized carbons (Fsp3) is 0.130. The van der Waals surface area contributed by atoms with E-state index in [1.807, 2.05) is 0 Å². The Bertz CT molecular complexity index is 1200. The summed E-state index contributed by atoms with van der Waals surface area (Å²) < 4.78 is 15.3. The summed E-state index contributed by atoms with van der Waals surface area (Å²) in [6.07, 6.45) is -2.89. The van der Waals surface area contributed by atoms with Gasteiger partial charge in [-0.05, 0) is 36.4 Å². The van der Waals surface area contributed by atoms with Crippen molar-refractivity contribution in [2.75, 3.05) is 0 Å². The maximum absolute atomic E-state index is 12.9. The summed E-state index contributed by atoms with van der Waals surface area (Å²) in [5.41, 5.74) is -0.253. The van der Waals surface area contributed by atoms with E-state index >= 15 is 0 Å². The Morgan fingerprint density at radius 3 is 1.82 bits per heavy atom. The number of nitrogens with one attached hydrogen (secondary N) is 1. The first-order valence-corrected chi connectivity index (χ1v) is 10.5. The van der Waals surface area contributed by atoms with E-state index in [1.165, 1.54) is 42.7 Å². The minimum absolute atomic E-state index is 0.00326. The lowest BCUT2D eigenvalue weighted by Crippen LogP contribution is -2.50. The molecule has 0 spiro atoms. The molecule has 0 saturated carbocycles. The van der Waals surface area contributed by atoms with Gasteiger partial charge < -0.3 is 24.3 Å². The Kier molecular flexibility index (Phi) is 8.29. The zero-order chi connectivity index (χ0) is 24.7. The van der Waals surface area contributed by atoms with E-state index in [2.05, 4.69) is 5.32 Å². The topological polar surface area (TPSA) is 132 Å². The molecular formula is C23H17Cl2NO8. The second-order valence-electron chi connectivity index (χ2n) is 6.75. The molecule has 2 N–H and O–H groups in total. The summed E-state index contributed by atoms with van der Waals surface area (Å²) in [7, 11) is 0. The van der Waals surface area contributed by atoms with Gasteiger partial charge in [0.2, 0.25) is 12.2 Å². The van der Waals surface area contributed by atoms with Crippen molar-refractivity contribution >= 4 is 47.0 Å². The number of esters is 2. The molecule has 34 heavy (non-hydrogen) atoms. The Labute approximate surface area is 203 Å². The first-order chi connectivity index (χ1) is 16.3. The Morgan fingerprint density at radius 2 is 1.35 bits per heavy atom. The van der Waals surface area contributed by atoms with Crippen molar-refractivity contribution in [1.29, 1.82) is 0 Å². The first-order valence-electron chi connectivity index (χ1n) is 9.72. The number of halogens is 2. The molecule has 0 saturated heterocycles. The summed E-state index contributed by atoms with van der Waals surface area (Å²) in [5, 5.41) is 12.1. The van der Waals surface area contributed by atoms with Crippen LogP contribution in [0.25, 0.3) is 0 Å². The maximum Gasteiger partial charge on any atom is 0.349 e. The van der Waals surface area contributed by atoms with Crippen LogP contribution in [-0.2, 0) is 25.6 Å². The van der Waals surface area contributed by atoms with Crippen LogP contribution in [-0.4, -0.2) is 41.1 Å². The SMILES string of the molecule is O=C(O[C@H](C(=O)O)[C@@H](OC(=O)c1ccccc1Cl)C(=O)NCc1ccco1)c1ccccc1Cl. The van der Waals surface area contributed by atoms with E-state index in [0.717, 1.165) is 0 Å². The summed E-state index contributed by atoms with van der Waals surface area (Å²) >= 11 is 12.0. The highest BCUT2D eigenvalue weighted by molar-refractivity contribution is 6.34. The summed E-state index contributed by atoms with van der Waals surface area (Å²) in [6, 6.07) is 14.7. The van der Waals surface area contributed by atoms with E-state index in [1.54, 1.807) is 24.3 Å². The monoisotopic (exact) mass is 505 g/mol. The van der Waals surface area contributed by atoms with Crippen molar-refractivity contribution in [3.63, 3.8) is 0 Å². The summed E-state index contributed by atoms with van der Waals surface area (Å²) in [5.74, 6) is -4.65. The maximum atomic E-state index is 12.9. The van der Waals surface area contributed by atoms with E-state index in [9.17, 15) is 24.3 Å². The zero-order valence-corrected chi connectivity index (χ0v) is 18.8. The Morgan fingerprint density at radius 1 is 0.824 bits per heavy atom. The van der Waals surface area contributed by atoms with Crippen LogP contribution in [0.4, 0.5) is 0 Å². The minimum Gasteiger partial charge on any atom is -0.478 e. The third kappa shape index (κ3) is 6.15. The number of aliphatic carboxylic acids is 1. The molecule has 0 unspecified atom stereocenters. The fourth-order valence-corrected chi connectivity index (χ4v) is 3.22. The number of amides is 1. The number of carboxylic acid groups (broad SMARTS) is 1. The molecule has 11 heteroatoms. The normalized spacial score (nSPS) is 12.3. The lowest BCUT2D eigenvalue weighted by molar-refractivity contribution is -0.159. The molecule has 2 aromatic carbocycles. The number of benzene rings is 2. The number of carboxylic acids is 1. The van der Waals surface area contributed by atoms with Crippen molar-refractivity contribution in [2.45, 2.75) is 18.8 Å². The Balaban J connectivity index is 1.88. The first kappa shape index (κ1) is 24.8. The van der Waals surface area contributed by atoms with Gasteiger partial charge in [-0.3, -0.25) is 4.79 Å². The van der Waals surface area contributed by atoms with Crippen molar-refractivity contribution in [3.05, 3.63) is 93.9 Å². The fourth-order valence-electron chi connectivity index (χ4n) is 2.79. The lowest BCUT2D eigenvalue weighted by atomic mass is 10.1. The molecule has 3 aromatic rings. The molecule has 2 atom stereocenters. The summed E-state index contributed by atoms with van der Waals surface area (Å²) in [4.78, 5) is 50.1. The van der Waals surface area contributed by atoms with Gasteiger partial charge in [0.15, 0.2) is 0 Å². The van der Waals surface area contributed by atoms with E-state index in [4.69, 9.17) is 37.1 Å². The molecule has 0 radical (unpaired) electrons. The molecule has 0 aliphatic rings. The third-order valence-electron chi connectivity index (χ3n) is 4.45. The Hall–Kier alpha value is -3.82. The van der Waals surface area contributed by atoms with Crippen LogP contribution < -0.4 is 5.32 Å². The minimum atomic E-state index is -2.20. The van der Waals surface area contributed by atoms with E-state index < -0.39 is 36.0 Å². The lowest BCUT2D eigenvalue weighted by Gasteiger charge is -2.23. The van der Waals surface area contributed by atoms with Crippen LogP contribution in [0, 0.1) is 0 Å². The highest BCUT2D eigenvalue weighted by Crippen LogP contribution is 2.21. The van der Waals surface area contributed by atoms with Crippen molar-refractivity contribution in [3.8, 4) is 0 Å². The van der Waals surface area contributed by atoms with Gasteiger partial charge in [-0.25, -0.2) is 14.4 Å². The van der Waals surface area contributed by atoms with Crippen molar-refractivity contribution in [2.24, 2.45) is 0 Å². The smallest absolute Gasteiger partial charge is 0.349 e. The van der Waals surface area contributed by atoms with Gasteiger partial charge in [0.1, 0.15) is 5.76 Å². The molecular weight excluding hydrogens is 489 g/mol. The third-order valence-corrected chi connectivity index (χ3v) is 5.11. The van der Waals surface area contributed by atoms with E-state index in [-0.39, 0.29) is 27.7 Å². The predicted octanol–water partition coefficient (Wildman–Crippen LogP) is 3.74. The molecule has 0 fully saturated rings. The molecule has 176 valence electrons. The van der Waals surface area contributed by atoms with Gasteiger partial charge in [-0.1, -0.05) is 47.5 Å². The van der Waals surface area contributed by atoms with Gasteiger partial charge in [0.05, 0.1) is 34.0 Å². The predicted molar refractivity (Wildman–Crippen MR) is 120 cm³/mol. The van der Waals surface area contributed by atoms with Gasteiger partial charge in [0.25, 0.3) is 5.91 Å². The highest BCUT2D eigenvalue weighted by Gasteiger charge is 2.41. The number of furan rings is 1. The molecule has 0 aliphatic carbocycles. The van der Waals surface area contributed by atoms with Crippen molar-refractivity contribution < 1.29 is 38.2 Å². The molecule has 3 rings (SSSR count). The molecule has 0 bridgehead atoms. The molecule has 1 amide bonds. The van der Waals surface area contributed by atoms with Crippen LogP contribution in [0.15, 0.2) is 71.3 Å². The van der Waals surface area contributed by atoms with Crippen LogP contribution in [0.5, 0.6) is 0 Å². The molecule has 1 heterocycles. The van der Waals surface area contributed by atoms with Gasteiger partial charge in [-0.15, -0.1) is 0 Å². The van der Waals surface area contributed by atoms with Crippen LogP contribution in [0.1, 0.15) is 26.5 Å². The van der Waals surface area contributed by atoms with Crippen molar-refractivity contribution in [1.82, 2.24) is 5.32 Å². The van der Waals surface area contributed by atoms with Gasteiger partial charge in [-0.2, -0.15) is 0 Å². The number of rotatable bonds is 9. The number of carbonyl (C=O) groups excluding carboxylic acids is 3. The number of hydrogen-bond donors (Lipinski definition) is 2. The number of ether oxygens (including phenoxy) is 2. The largest absolute Gasteiger partial charge is 0.478 e. The average Bonchev–Trinajstić information content (AvgIpc) is 3.33. The van der Waals surface area contributed by atoms with Gasteiger partial charge >= 0.3 is 17.9 Å². The molecule has 0 aliphatic heterocycles. The van der Waals surface area contributed by atoms with E-state index in [0.29, 0.717) is 5.76 Å². The van der Waals surface area contributed by atoms with Crippen LogP contribution in [0.3, 0.4) is 0 Å². The molecule has 1 aromatic heterocycles. The standard InChI is InChI=1S/C23H17Cl2NO8/c24-16-9-3-1-7-14(16)22(30)33-18(20(27)26-12-13-6-5-11-32-13)19(21(28)29)34-23(31)15-8-2-4-10-17(15)25/h1-11,18-19H,12H2,(H,26,27)(H,28,29)/t18-,19+/m1/s1. The molecule has 9 nitrogen and oxygen atoms in total. The quantitative estimate of drug-likeness (QED) is 0.420. The van der Waals surface area contributed by atoms with Gasteiger partial charge in [0, 0.05) is 0 Å². The van der Waals surface area contributed by atoms with Crippen LogP contribution in [0.2, 0.25) is 10.0 Å². The second kappa shape index (κ2) is 11.4. The van der Waals surface area contributed by atoms with Crippen LogP contribution >= 0.6 is 23.2 Å². The average molecular weight is 506 g/mol.